The van der Waals surface area contributed by atoms with Crippen LogP contribution in [0.5, 0.6) is 0 Å². The van der Waals surface area contributed by atoms with Gasteiger partial charge in [-0.15, -0.1) is 0 Å². The lowest BCUT2D eigenvalue weighted by molar-refractivity contribution is 0.590. The molecule has 0 N–H and O–H groups in total. The smallest absolute Gasteiger partial charge is 0.213 e. The zero-order chi connectivity index (χ0) is 44.5. The molecule has 0 amide bonds. The molecule has 0 aliphatic rings. The van der Waals surface area contributed by atoms with Crippen molar-refractivity contribution in [2.75, 3.05) is 0 Å². The van der Waals surface area contributed by atoms with Crippen LogP contribution in [0.1, 0.15) is 105 Å². The molecule has 3 heterocycles. The first-order valence-electron chi connectivity index (χ1n) is 22.5. The molecule has 10 rings (SSSR count). The van der Waals surface area contributed by atoms with Crippen molar-refractivity contribution in [3.63, 3.8) is 0 Å². The van der Waals surface area contributed by atoms with E-state index in [1.165, 1.54) is 43.8 Å². The summed E-state index contributed by atoms with van der Waals surface area (Å²) < 4.78 is 7.31. The van der Waals surface area contributed by atoms with Crippen LogP contribution in [0.25, 0.3) is 87.3 Å². The Hall–Kier alpha value is -6.57. The minimum absolute atomic E-state index is 0.0361. The van der Waals surface area contributed by atoms with Crippen molar-refractivity contribution in [2.24, 2.45) is 0 Å². The Morgan fingerprint density at radius 2 is 0.762 bits per heavy atom. The Kier molecular flexibility index (Phi) is 8.82. The number of aromatic nitrogens is 3. The predicted octanol–water partition coefficient (Wildman–Crippen LogP) is 16.7. The van der Waals surface area contributed by atoms with Crippen molar-refractivity contribution < 1.29 is 0 Å². The molecule has 0 saturated heterocycles. The van der Waals surface area contributed by atoms with Gasteiger partial charge in [-0.2, -0.15) is 0 Å². The largest absolute Gasteiger partial charge is 0.319 e. The molecule has 0 fully saturated rings. The van der Waals surface area contributed by atoms with Gasteiger partial charge in [0.2, 0.25) is 5.69 Å². The maximum Gasteiger partial charge on any atom is 0.213 e. The van der Waals surface area contributed by atoms with E-state index in [0.717, 1.165) is 60.9 Å². The highest BCUT2D eigenvalue weighted by molar-refractivity contribution is 6.22. The Bertz CT molecular complexity index is 3390. The van der Waals surface area contributed by atoms with Crippen molar-refractivity contribution in [2.45, 2.75) is 105 Å². The van der Waals surface area contributed by atoms with Crippen LogP contribution in [0.4, 0.5) is 5.69 Å². The summed E-state index contributed by atoms with van der Waals surface area (Å²) in [4.78, 5) is 4.43. The molecule has 63 heavy (non-hydrogen) atoms. The summed E-state index contributed by atoms with van der Waals surface area (Å²) in [5, 5.41) is 7.07. The molecule has 0 unspecified atom stereocenters. The van der Waals surface area contributed by atoms with E-state index in [0.29, 0.717) is 5.69 Å². The fraction of sp³-hybridized carbons (Fsp3) is 0.271. The van der Waals surface area contributed by atoms with E-state index < -0.39 is 0 Å². The molecule has 4 nitrogen and oxygen atoms in total. The molecule has 0 spiro atoms. The molecule has 0 atom stereocenters. The molecule has 4 heteroatoms. The van der Waals surface area contributed by atoms with Gasteiger partial charge in [0, 0.05) is 38.0 Å². The third-order valence-corrected chi connectivity index (χ3v) is 13.5. The fourth-order valence-corrected chi connectivity index (χ4v) is 9.86. The molecule has 0 aliphatic heterocycles. The molecule has 10 aromatic rings. The molecule has 0 bridgehead atoms. The number of rotatable bonds is 3. The monoisotopic (exact) mass is 822 g/mol. The minimum atomic E-state index is -0.0378. The topological polar surface area (TPSA) is 19.1 Å². The molecule has 314 valence electrons. The maximum atomic E-state index is 8.97. The van der Waals surface area contributed by atoms with Crippen LogP contribution in [0.15, 0.2) is 133 Å². The normalized spacial score (nSPS) is 13.1. The third-order valence-electron chi connectivity index (χ3n) is 13.5. The number of hydrogen-bond donors (Lipinski definition) is 0. The third kappa shape index (κ3) is 6.30. The number of fused-ring (bicyclic) bond motifs is 9. The second-order valence-electron chi connectivity index (χ2n) is 21.9. The maximum absolute atomic E-state index is 8.97. The van der Waals surface area contributed by atoms with Gasteiger partial charge in [-0.05, 0) is 117 Å². The van der Waals surface area contributed by atoms with Gasteiger partial charge in [-0.25, -0.2) is 4.85 Å². The van der Waals surface area contributed by atoms with E-state index in [9.17, 15) is 0 Å². The summed E-state index contributed by atoms with van der Waals surface area (Å²) in [6.07, 6.45) is 0. The van der Waals surface area contributed by atoms with E-state index >= 15 is 0 Å². The molecule has 7 aromatic carbocycles. The van der Waals surface area contributed by atoms with Gasteiger partial charge in [-0.3, -0.25) is 0 Å². The number of nitrogens with zero attached hydrogens (tertiary/aromatic N) is 4. The highest BCUT2D eigenvalue weighted by Crippen LogP contribution is 2.49. The van der Waals surface area contributed by atoms with Crippen LogP contribution in [0.2, 0.25) is 0 Å². The second-order valence-corrected chi connectivity index (χ2v) is 21.9. The molecule has 0 aliphatic carbocycles. The lowest BCUT2D eigenvalue weighted by Gasteiger charge is -2.22. The number of hydrogen-bond acceptors (Lipinski definition) is 0. The molecule has 0 saturated carbocycles. The van der Waals surface area contributed by atoms with Crippen LogP contribution in [-0.2, 0) is 21.7 Å². The summed E-state index contributed by atoms with van der Waals surface area (Å²) in [7, 11) is 0. The quantitative estimate of drug-likeness (QED) is 0.158. The summed E-state index contributed by atoms with van der Waals surface area (Å²) >= 11 is 0. The second kappa shape index (κ2) is 13.7. The van der Waals surface area contributed by atoms with Crippen LogP contribution in [0, 0.1) is 6.57 Å². The Labute approximate surface area is 372 Å². The summed E-state index contributed by atoms with van der Waals surface area (Å²) in [5.74, 6) is 0. The lowest BCUT2D eigenvalue weighted by Crippen LogP contribution is -2.11. The molecule has 3 aromatic heterocycles. The highest BCUT2D eigenvalue weighted by Gasteiger charge is 2.30. The zero-order valence-electron chi connectivity index (χ0n) is 39.0. The summed E-state index contributed by atoms with van der Waals surface area (Å²) in [6.45, 7) is 36.5. The summed E-state index contributed by atoms with van der Waals surface area (Å²) in [6, 6.07) is 49.7. The average Bonchev–Trinajstić information content (AvgIpc) is 3.87. The van der Waals surface area contributed by atoms with E-state index in [1.807, 2.05) is 0 Å². The van der Waals surface area contributed by atoms with E-state index in [1.54, 1.807) is 0 Å². The van der Waals surface area contributed by atoms with Crippen molar-refractivity contribution in [3.8, 4) is 17.1 Å². The highest BCUT2D eigenvalue weighted by atomic mass is 15.1. The van der Waals surface area contributed by atoms with Gasteiger partial charge in [0.1, 0.15) is 0 Å². The summed E-state index contributed by atoms with van der Waals surface area (Å²) in [5.41, 5.74) is 15.3. The van der Waals surface area contributed by atoms with Gasteiger partial charge < -0.3 is 13.7 Å². The van der Waals surface area contributed by atoms with E-state index in [4.69, 9.17) is 6.57 Å². The lowest BCUT2D eigenvalue weighted by atomic mass is 9.85. The number of para-hydroxylation sites is 2. The van der Waals surface area contributed by atoms with Gasteiger partial charge in [0.15, 0.2) is 0 Å². The molecular formula is C59H58N4. The van der Waals surface area contributed by atoms with E-state index in [-0.39, 0.29) is 21.7 Å². The standard InChI is InChI=1S/C59H58N4/c1-56(2,3)36-23-27-48-42(31-36)43-32-37(57(4,5)6)24-28-49(43)62(48)52-35-46(60-13)54-53(41-21-17-18-22-47(41)61(54)40-19-15-14-16-20-40)55(52)63-50-29-25-38(58(7,8)9)33-44(50)45-34-39(59(10,11)12)26-30-51(45)63/h14-35H,1-12H3. The minimum Gasteiger partial charge on any atom is -0.319 e. The first-order chi connectivity index (χ1) is 29.8. The van der Waals surface area contributed by atoms with E-state index in [2.05, 4.69) is 235 Å². The van der Waals surface area contributed by atoms with Crippen LogP contribution < -0.4 is 0 Å². The first-order valence-corrected chi connectivity index (χ1v) is 22.5. The van der Waals surface area contributed by atoms with Crippen molar-refractivity contribution in [3.05, 3.63) is 167 Å². The number of benzene rings is 7. The predicted molar refractivity (Wildman–Crippen MR) is 271 cm³/mol. The Balaban J connectivity index is 1.48. The first kappa shape index (κ1) is 40.5. The van der Waals surface area contributed by atoms with Gasteiger partial charge in [0.05, 0.1) is 51.0 Å². The van der Waals surface area contributed by atoms with Crippen LogP contribution in [0.3, 0.4) is 0 Å². The van der Waals surface area contributed by atoms with Gasteiger partial charge >= 0.3 is 0 Å². The van der Waals surface area contributed by atoms with Crippen LogP contribution >= 0.6 is 0 Å². The van der Waals surface area contributed by atoms with Crippen molar-refractivity contribution >= 4 is 71.1 Å². The zero-order valence-corrected chi connectivity index (χ0v) is 39.0. The van der Waals surface area contributed by atoms with Crippen LogP contribution in [-0.4, -0.2) is 13.7 Å². The fourth-order valence-electron chi connectivity index (χ4n) is 9.86. The van der Waals surface area contributed by atoms with Crippen molar-refractivity contribution in [1.29, 1.82) is 0 Å². The van der Waals surface area contributed by atoms with Gasteiger partial charge in [0.25, 0.3) is 0 Å². The molecular weight excluding hydrogens is 765 g/mol. The SMILES string of the molecule is [C-]#[N+]c1cc(-n2c3ccc(C(C)(C)C)cc3c3cc(C(C)(C)C)ccc32)c(-n2c3ccc(C(C)(C)C)cc3c3cc(C(C)(C)C)ccc32)c2c3ccccc3n(-c3ccccc3)c12. The molecule has 0 radical (unpaired) electrons. The Morgan fingerprint density at radius 1 is 0.381 bits per heavy atom. The Morgan fingerprint density at radius 3 is 1.17 bits per heavy atom. The van der Waals surface area contributed by atoms with Crippen molar-refractivity contribution in [1.82, 2.24) is 13.7 Å². The average molecular weight is 823 g/mol. The van der Waals surface area contributed by atoms with Gasteiger partial charge in [-0.1, -0.05) is 144 Å².